The largest absolute Gasteiger partial charge is 0.329 e. The van der Waals surface area contributed by atoms with Gasteiger partial charge in [-0.05, 0) is 29.3 Å². The summed E-state index contributed by atoms with van der Waals surface area (Å²) in [5, 5.41) is 3.48. The average molecular weight is 291 g/mol. The maximum Gasteiger partial charge on any atom is 0.248 e. The van der Waals surface area contributed by atoms with Crippen molar-refractivity contribution >= 4 is 0 Å². The second-order valence-corrected chi connectivity index (χ2v) is 5.04. The molecule has 2 heterocycles. The van der Waals surface area contributed by atoms with Gasteiger partial charge in [0.15, 0.2) is 0 Å². The van der Waals surface area contributed by atoms with Crippen LogP contribution in [0.3, 0.4) is 0 Å². The van der Waals surface area contributed by atoms with Crippen LogP contribution >= 0.6 is 0 Å². The number of hydrogen-bond acceptors (Lipinski definition) is 3. The highest BCUT2D eigenvalue weighted by atomic mass is 16.1. The summed E-state index contributed by atoms with van der Waals surface area (Å²) in [6, 6.07) is 19.5. The Hall–Kier alpha value is -2.72. The standard InChI is InChI=1S/C18H17N3O/c22-17-12-14(9-11-20-17)13-21-18(15-6-2-1-3-7-15)16-8-4-5-10-19-16/h1-12,18,21H,13H2,(H,20,22). The van der Waals surface area contributed by atoms with E-state index in [-0.39, 0.29) is 11.6 Å². The summed E-state index contributed by atoms with van der Waals surface area (Å²) in [7, 11) is 0. The number of hydrogen-bond donors (Lipinski definition) is 2. The first-order valence-corrected chi connectivity index (χ1v) is 7.20. The van der Waals surface area contributed by atoms with Gasteiger partial charge in [0.2, 0.25) is 5.56 Å². The molecule has 0 aliphatic rings. The fourth-order valence-electron chi connectivity index (χ4n) is 2.40. The fourth-order valence-corrected chi connectivity index (χ4v) is 2.40. The van der Waals surface area contributed by atoms with Gasteiger partial charge in [-0.15, -0.1) is 0 Å². The Balaban J connectivity index is 1.85. The molecule has 0 amide bonds. The highest BCUT2D eigenvalue weighted by molar-refractivity contribution is 5.27. The van der Waals surface area contributed by atoms with Crippen molar-refractivity contribution in [3.8, 4) is 0 Å². The third kappa shape index (κ3) is 3.48. The molecule has 2 aromatic heterocycles. The molecule has 2 N–H and O–H groups in total. The fraction of sp³-hybridized carbons (Fsp3) is 0.111. The molecule has 0 saturated heterocycles. The van der Waals surface area contributed by atoms with Crippen molar-refractivity contribution in [1.82, 2.24) is 15.3 Å². The molecule has 1 atom stereocenters. The molecule has 4 nitrogen and oxygen atoms in total. The van der Waals surface area contributed by atoms with Crippen molar-refractivity contribution in [2.24, 2.45) is 0 Å². The van der Waals surface area contributed by atoms with Crippen molar-refractivity contribution in [2.75, 3.05) is 0 Å². The van der Waals surface area contributed by atoms with E-state index in [1.165, 1.54) is 0 Å². The van der Waals surface area contributed by atoms with Crippen LogP contribution in [-0.2, 0) is 6.54 Å². The highest BCUT2D eigenvalue weighted by Crippen LogP contribution is 2.20. The van der Waals surface area contributed by atoms with E-state index in [4.69, 9.17) is 0 Å². The lowest BCUT2D eigenvalue weighted by Gasteiger charge is -2.19. The first kappa shape index (κ1) is 14.2. The molecule has 0 fully saturated rings. The molecule has 1 aromatic carbocycles. The minimum atomic E-state index is -0.0894. The zero-order valence-electron chi connectivity index (χ0n) is 12.1. The normalized spacial score (nSPS) is 12.0. The van der Waals surface area contributed by atoms with Crippen LogP contribution in [0.4, 0.5) is 0 Å². The lowest BCUT2D eigenvalue weighted by Crippen LogP contribution is -2.23. The second kappa shape index (κ2) is 6.83. The van der Waals surface area contributed by atoms with E-state index in [2.05, 4.69) is 27.4 Å². The minimum Gasteiger partial charge on any atom is -0.329 e. The first-order chi connectivity index (χ1) is 10.8. The van der Waals surface area contributed by atoms with Gasteiger partial charge in [-0.2, -0.15) is 0 Å². The number of benzene rings is 1. The van der Waals surface area contributed by atoms with Crippen LogP contribution in [0.25, 0.3) is 0 Å². The van der Waals surface area contributed by atoms with Crippen LogP contribution in [0.15, 0.2) is 77.9 Å². The van der Waals surface area contributed by atoms with Crippen LogP contribution in [0.1, 0.15) is 22.9 Å². The van der Waals surface area contributed by atoms with Gasteiger partial charge in [-0.3, -0.25) is 9.78 Å². The maximum absolute atomic E-state index is 11.4. The lowest BCUT2D eigenvalue weighted by molar-refractivity contribution is 0.591. The van der Waals surface area contributed by atoms with E-state index >= 15 is 0 Å². The van der Waals surface area contributed by atoms with Gasteiger partial charge in [0.25, 0.3) is 0 Å². The zero-order chi connectivity index (χ0) is 15.2. The summed E-state index contributed by atoms with van der Waals surface area (Å²) in [6.07, 6.45) is 3.46. The lowest BCUT2D eigenvalue weighted by atomic mass is 10.0. The Morgan fingerprint density at radius 2 is 1.86 bits per heavy atom. The molecule has 4 heteroatoms. The van der Waals surface area contributed by atoms with Gasteiger partial charge in [-0.25, -0.2) is 0 Å². The van der Waals surface area contributed by atoms with Gasteiger partial charge in [0, 0.05) is 25.0 Å². The highest BCUT2D eigenvalue weighted by Gasteiger charge is 2.14. The Kier molecular flexibility index (Phi) is 4.41. The molecule has 3 rings (SSSR count). The van der Waals surface area contributed by atoms with Crippen LogP contribution < -0.4 is 10.9 Å². The van der Waals surface area contributed by atoms with Crippen molar-refractivity contribution in [1.29, 1.82) is 0 Å². The summed E-state index contributed by atoms with van der Waals surface area (Å²) < 4.78 is 0. The van der Waals surface area contributed by atoms with Gasteiger partial charge < -0.3 is 10.3 Å². The number of aromatic amines is 1. The number of rotatable bonds is 5. The zero-order valence-corrected chi connectivity index (χ0v) is 12.1. The molecule has 0 spiro atoms. The molecular weight excluding hydrogens is 274 g/mol. The van der Waals surface area contributed by atoms with Crippen molar-refractivity contribution in [2.45, 2.75) is 12.6 Å². The molecule has 22 heavy (non-hydrogen) atoms. The van der Waals surface area contributed by atoms with Crippen LogP contribution in [0.2, 0.25) is 0 Å². The molecule has 1 unspecified atom stereocenters. The van der Waals surface area contributed by atoms with Crippen molar-refractivity contribution in [3.63, 3.8) is 0 Å². The SMILES string of the molecule is O=c1cc(CNC(c2ccccc2)c2ccccn2)cc[nH]1. The summed E-state index contributed by atoms with van der Waals surface area (Å²) in [5.41, 5.74) is 2.96. The topological polar surface area (TPSA) is 57.8 Å². The summed E-state index contributed by atoms with van der Waals surface area (Å²) in [4.78, 5) is 18.5. The Labute approximate surface area is 128 Å². The van der Waals surface area contributed by atoms with Gasteiger partial charge >= 0.3 is 0 Å². The van der Waals surface area contributed by atoms with E-state index in [0.29, 0.717) is 6.54 Å². The third-order valence-corrected chi connectivity index (χ3v) is 3.47. The van der Waals surface area contributed by atoms with Crippen LogP contribution in [0, 0.1) is 0 Å². The number of nitrogens with zero attached hydrogens (tertiary/aromatic N) is 1. The molecular formula is C18H17N3O. The maximum atomic E-state index is 11.4. The predicted octanol–water partition coefficient (Wildman–Crippen LogP) is 2.65. The van der Waals surface area contributed by atoms with Crippen LogP contribution in [0.5, 0.6) is 0 Å². The monoisotopic (exact) mass is 291 g/mol. The molecule has 3 aromatic rings. The van der Waals surface area contributed by atoms with Gasteiger partial charge in [0.05, 0.1) is 11.7 Å². The molecule has 110 valence electrons. The van der Waals surface area contributed by atoms with E-state index in [1.54, 1.807) is 18.5 Å². The molecule has 0 radical (unpaired) electrons. The number of aromatic nitrogens is 2. The van der Waals surface area contributed by atoms with E-state index in [9.17, 15) is 4.79 Å². The smallest absolute Gasteiger partial charge is 0.248 e. The number of pyridine rings is 2. The summed E-state index contributed by atoms with van der Waals surface area (Å²) >= 11 is 0. The Morgan fingerprint density at radius 1 is 1.05 bits per heavy atom. The van der Waals surface area contributed by atoms with Crippen molar-refractivity contribution in [3.05, 3.63) is 100 Å². The Bertz CT molecular complexity index is 729. The van der Waals surface area contributed by atoms with Gasteiger partial charge in [0.1, 0.15) is 0 Å². The van der Waals surface area contributed by atoms with E-state index in [0.717, 1.165) is 16.8 Å². The predicted molar refractivity (Wildman–Crippen MR) is 86.4 cm³/mol. The molecule has 0 bridgehead atoms. The van der Waals surface area contributed by atoms with E-state index in [1.807, 2.05) is 42.5 Å². The Morgan fingerprint density at radius 3 is 2.59 bits per heavy atom. The molecule has 0 saturated carbocycles. The molecule has 0 aliphatic carbocycles. The third-order valence-electron chi connectivity index (χ3n) is 3.47. The minimum absolute atomic E-state index is 0.0123. The second-order valence-electron chi connectivity index (χ2n) is 5.04. The summed E-state index contributed by atoms with van der Waals surface area (Å²) in [5.74, 6) is 0. The van der Waals surface area contributed by atoms with E-state index < -0.39 is 0 Å². The number of H-pyrrole nitrogens is 1. The van der Waals surface area contributed by atoms with Gasteiger partial charge in [-0.1, -0.05) is 36.4 Å². The summed E-state index contributed by atoms with van der Waals surface area (Å²) in [6.45, 7) is 0.597. The quantitative estimate of drug-likeness (QED) is 0.760. The molecule has 0 aliphatic heterocycles. The number of nitrogens with one attached hydrogen (secondary N) is 2. The van der Waals surface area contributed by atoms with Crippen LogP contribution in [-0.4, -0.2) is 9.97 Å². The van der Waals surface area contributed by atoms with Crippen molar-refractivity contribution < 1.29 is 0 Å². The first-order valence-electron chi connectivity index (χ1n) is 7.20. The average Bonchev–Trinajstić information content (AvgIpc) is 2.57.